The minimum Gasteiger partial charge on any atom is -0.494 e. The first kappa shape index (κ1) is 22.7. The summed E-state index contributed by atoms with van der Waals surface area (Å²) in [6.45, 7) is 6.14. The number of rotatable bonds is 9. The van der Waals surface area contributed by atoms with Gasteiger partial charge in [-0.05, 0) is 55.7 Å². The van der Waals surface area contributed by atoms with E-state index in [9.17, 15) is 13.2 Å². The highest BCUT2D eigenvalue weighted by Crippen LogP contribution is 2.25. The van der Waals surface area contributed by atoms with Gasteiger partial charge in [0.1, 0.15) is 12.3 Å². The van der Waals surface area contributed by atoms with Gasteiger partial charge in [-0.25, -0.2) is 4.31 Å². The van der Waals surface area contributed by atoms with Crippen LogP contribution in [0.3, 0.4) is 0 Å². The molecule has 0 aliphatic rings. The monoisotopic (exact) mass is 419 g/mol. The number of benzene rings is 2. The van der Waals surface area contributed by atoms with E-state index in [1.807, 2.05) is 57.2 Å². The molecule has 0 saturated heterocycles. The van der Waals surface area contributed by atoms with Crippen LogP contribution in [0.1, 0.15) is 23.6 Å². The average molecular weight is 420 g/mol. The van der Waals surface area contributed by atoms with Crippen molar-refractivity contribution in [3.05, 3.63) is 59.2 Å². The maximum absolute atomic E-state index is 12.9. The Balaban J connectivity index is 2.20. The fourth-order valence-electron chi connectivity index (χ4n) is 2.78. The average Bonchev–Trinajstić information content (AvgIpc) is 2.67. The second-order valence-electron chi connectivity index (χ2n) is 6.94. The van der Waals surface area contributed by atoms with Crippen LogP contribution in [0.25, 0.3) is 0 Å². The molecule has 1 N–H and O–H groups in total. The van der Waals surface area contributed by atoms with Gasteiger partial charge in [0.05, 0.1) is 12.3 Å². The molecular weight excluding hydrogens is 390 g/mol. The summed E-state index contributed by atoms with van der Waals surface area (Å²) in [7, 11) is -0.940. The third-order valence-electron chi connectivity index (χ3n) is 4.36. The molecule has 0 spiro atoms. The Morgan fingerprint density at radius 3 is 2.48 bits per heavy atom. The van der Waals surface area contributed by atoms with E-state index in [1.54, 1.807) is 6.07 Å². The number of carbonyl (C=O) groups excluding carboxylic acids is 1. The van der Waals surface area contributed by atoms with E-state index in [0.29, 0.717) is 12.3 Å². The number of hydrogen-bond acceptors (Lipinski definition) is 4. The summed E-state index contributed by atoms with van der Waals surface area (Å²) in [5.41, 5.74) is 3.06. The summed E-state index contributed by atoms with van der Waals surface area (Å²) in [5, 5.41) is 2.79. The normalized spacial score (nSPS) is 11.4. The van der Waals surface area contributed by atoms with Crippen LogP contribution in [-0.4, -0.2) is 45.9 Å². The summed E-state index contributed by atoms with van der Waals surface area (Å²) < 4.78 is 33.5. The molecule has 0 radical (unpaired) electrons. The number of ether oxygens (including phenoxy) is 1. The fourth-order valence-corrected chi connectivity index (χ4v) is 3.90. The molecule has 29 heavy (non-hydrogen) atoms. The Morgan fingerprint density at radius 2 is 1.83 bits per heavy atom. The van der Waals surface area contributed by atoms with Crippen molar-refractivity contribution in [3.8, 4) is 5.75 Å². The zero-order valence-electron chi connectivity index (χ0n) is 17.6. The van der Waals surface area contributed by atoms with Crippen LogP contribution in [0.2, 0.25) is 0 Å². The highest BCUT2D eigenvalue weighted by atomic mass is 32.2. The molecule has 1 amide bonds. The molecule has 158 valence electrons. The Morgan fingerprint density at radius 1 is 1.10 bits per heavy atom. The zero-order chi connectivity index (χ0) is 21.6. The van der Waals surface area contributed by atoms with E-state index in [-0.39, 0.29) is 13.1 Å². The van der Waals surface area contributed by atoms with Crippen molar-refractivity contribution in [3.63, 3.8) is 0 Å². The second-order valence-corrected chi connectivity index (χ2v) is 9.01. The first-order valence-electron chi connectivity index (χ1n) is 9.41. The summed E-state index contributed by atoms with van der Waals surface area (Å²) in [5.74, 6) is 0.338. The summed E-state index contributed by atoms with van der Waals surface area (Å²) in [6, 6.07) is 13.0. The molecule has 0 fully saturated rings. The molecule has 0 bridgehead atoms. The lowest BCUT2D eigenvalue weighted by atomic mass is 10.1. The van der Waals surface area contributed by atoms with Crippen LogP contribution in [0.4, 0.5) is 5.69 Å². The summed E-state index contributed by atoms with van der Waals surface area (Å²) >= 11 is 0. The van der Waals surface area contributed by atoms with Gasteiger partial charge in [-0.15, -0.1) is 0 Å². The van der Waals surface area contributed by atoms with E-state index in [4.69, 9.17) is 4.74 Å². The molecule has 0 unspecified atom stereocenters. The maximum atomic E-state index is 12.9. The third-order valence-corrected chi connectivity index (χ3v) is 6.17. The molecule has 2 rings (SSSR count). The van der Waals surface area contributed by atoms with Crippen LogP contribution in [-0.2, 0) is 21.5 Å². The van der Waals surface area contributed by atoms with Gasteiger partial charge in [0.25, 0.3) is 0 Å². The smallest absolute Gasteiger partial charge is 0.304 e. The molecule has 8 heteroatoms. The van der Waals surface area contributed by atoms with Crippen LogP contribution >= 0.6 is 0 Å². The highest BCUT2D eigenvalue weighted by molar-refractivity contribution is 7.90. The standard InChI is InChI=1S/C21H29N3O4S/c1-6-28-19-9-7-8-18(13-19)14-22-21(25)15-24(29(26,27)23(4)5)20-12-16(2)10-11-17(20)3/h7-13H,6,14-15H2,1-5H3,(H,22,25). The molecule has 0 aliphatic heterocycles. The number of hydrogen-bond donors (Lipinski definition) is 1. The van der Waals surface area contributed by atoms with E-state index < -0.39 is 16.1 Å². The van der Waals surface area contributed by atoms with Crippen LogP contribution in [0, 0.1) is 13.8 Å². The first-order valence-corrected chi connectivity index (χ1v) is 10.8. The van der Waals surface area contributed by atoms with Gasteiger partial charge in [-0.1, -0.05) is 24.3 Å². The lowest BCUT2D eigenvalue weighted by Crippen LogP contribution is -2.46. The number of aryl methyl sites for hydroxylation is 2. The number of nitrogens with zero attached hydrogens (tertiary/aromatic N) is 2. The molecule has 0 atom stereocenters. The molecule has 7 nitrogen and oxygen atoms in total. The number of carbonyl (C=O) groups is 1. The number of nitrogens with one attached hydrogen (secondary N) is 1. The van der Waals surface area contributed by atoms with Crippen molar-refractivity contribution in [2.45, 2.75) is 27.3 Å². The van der Waals surface area contributed by atoms with Crippen molar-refractivity contribution in [1.29, 1.82) is 0 Å². The van der Waals surface area contributed by atoms with E-state index in [0.717, 1.165) is 31.1 Å². The van der Waals surface area contributed by atoms with Crippen LogP contribution in [0.15, 0.2) is 42.5 Å². The molecule has 0 heterocycles. The molecule has 0 aliphatic carbocycles. The lowest BCUT2D eigenvalue weighted by molar-refractivity contribution is -0.119. The molecule has 0 saturated carbocycles. The van der Waals surface area contributed by atoms with Crippen molar-refractivity contribution in [2.75, 3.05) is 31.6 Å². The van der Waals surface area contributed by atoms with Gasteiger partial charge >= 0.3 is 10.2 Å². The minimum absolute atomic E-state index is 0.280. The molecule has 0 aromatic heterocycles. The van der Waals surface area contributed by atoms with Crippen molar-refractivity contribution >= 4 is 21.8 Å². The predicted octanol–water partition coefficient (Wildman–Crippen LogP) is 2.63. The number of anilines is 1. The Hall–Kier alpha value is -2.58. The van der Waals surface area contributed by atoms with Gasteiger partial charge in [0, 0.05) is 20.6 Å². The summed E-state index contributed by atoms with van der Waals surface area (Å²) in [4.78, 5) is 12.6. The topological polar surface area (TPSA) is 79.0 Å². The molecular formula is C21H29N3O4S. The predicted molar refractivity (Wildman–Crippen MR) is 115 cm³/mol. The summed E-state index contributed by atoms with van der Waals surface area (Å²) in [6.07, 6.45) is 0. The minimum atomic E-state index is -3.84. The van der Waals surface area contributed by atoms with Crippen molar-refractivity contribution in [1.82, 2.24) is 9.62 Å². The van der Waals surface area contributed by atoms with Crippen molar-refractivity contribution in [2.24, 2.45) is 0 Å². The third kappa shape index (κ3) is 5.95. The van der Waals surface area contributed by atoms with Gasteiger partial charge in [-0.3, -0.25) is 4.79 Å². The van der Waals surface area contributed by atoms with E-state index >= 15 is 0 Å². The maximum Gasteiger partial charge on any atom is 0.304 e. The van der Waals surface area contributed by atoms with Crippen molar-refractivity contribution < 1.29 is 17.9 Å². The van der Waals surface area contributed by atoms with Gasteiger partial charge in [0.2, 0.25) is 5.91 Å². The zero-order valence-corrected chi connectivity index (χ0v) is 18.4. The Labute approximate surface area is 173 Å². The van der Waals surface area contributed by atoms with Gasteiger partial charge in [0.15, 0.2) is 0 Å². The van der Waals surface area contributed by atoms with Gasteiger partial charge in [-0.2, -0.15) is 12.7 Å². The fraction of sp³-hybridized carbons (Fsp3) is 0.381. The first-order chi connectivity index (χ1) is 13.6. The largest absolute Gasteiger partial charge is 0.494 e. The molecule has 2 aromatic carbocycles. The van der Waals surface area contributed by atoms with E-state index in [1.165, 1.54) is 14.1 Å². The Bertz CT molecular complexity index is 958. The quantitative estimate of drug-likeness (QED) is 0.678. The Kier molecular flexibility index (Phi) is 7.64. The van der Waals surface area contributed by atoms with Crippen LogP contribution in [0.5, 0.6) is 5.75 Å². The van der Waals surface area contributed by atoms with Crippen LogP contribution < -0.4 is 14.4 Å². The highest BCUT2D eigenvalue weighted by Gasteiger charge is 2.28. The SMILES string of the molecule is CCOc1cccc(CNC(=O)CN(c2cc(C)ccc2C)S(=O)(=O)N(C)C)c1. The number of amides is 1. The second kappa shape index (κ2) is 9.76. The lowest BCUT2D eigenvalue weighted by Gasteiger charge is -2.28. The molecule has 2 aromatic rings. The van der Waals surface area contributed by atoms with E-state index in [2.05, 4.69) is 5.32 Å². The van der Waals surface area contributed by atoms with Gasteiger partial charge < -0.3 is 10.1 Å².